The van der Waals surface area contributed by atoms with Crippen LogP contribution >= 0.6 is 0 Å². The highest BCUT2D eigenvalue weighted by molar-refractivity contribution is 5.64. The fraction of sp³-hybridized carbons (Fsp3) is 0.0769. The molecule has 0 saturated heterocycles. The summed E-state index contributed by atoms with van der Waals surface area (Å²) in [4.78, 5) is 2.17. The summed E-state index contributed by atoms with van der Waals surface area (Å²) in [5.74, 6) is 0. The third-order valence-corrected chi connectivity index (χ3v) is 5.03. The Morgan fingerprint density at radius 3 is 1.18 bits per heavy atom. The van der Waals surface area contributed by atoms with Crippen LogP contribution in [0.15, 0.2) is 121 Å². The van der Waals surface area contributed by atoms with Crippen molar-refractivity contribution < 1.29 is 5.11 Å². The molecule has 0 aliphatic carbocycles. The predicted octanol–water partition coefficient (Wildman–Crippen LogP) is 5.76. The molecule has 4 aromatic rings. The molecule has 4 rings (SSSR count). The molecule has 0 aromatic heterocycles. The first-order chi connectivity index (χ1) is 13.8. The number of nitrogens with zero attached hydrogens (tertiary/aromatic N) is 1. The van der Waals surface area contributed by atoms with Gasteiger partial charge in [0.25, 0.3) is 0 Å². The van der Waals surface area contributed by atoms with Crippen molar-refractivity contribution in [3.05, 3.63) is 132 Å². The Bertz CT molecular complexity index is 907. The summed E-state index contributed by atoms with van der Waals surface area (Å²) in [6, 6.07) is 40.2. The average molecular weight is 365 g/mol. The fourth-order valence-electron chi connectivity index (χ4n) is 3.55. The Hall–Kier alpha value is -3.36. The number of anilines is 2. The Balaban J connectivity index is 1.84. The molecule has 0 heterocycles. The van der Waals surface area contributed by atoms with Gasteiger partial charge in [-0.2, -0.15) is 0 Å². The molecular formula is C26H23NO. The van der Waals surface area contributed by atoms with Crippen LogP contribution in [0, 0.1) is 0 Å². The number of aliphatic hydroxyl groups is 1. The zero-order valence-electron chi connectivity index (χ0n) is 15.6. The van der Waals surface area contributed by atoms with Crippen LogP contribution < -0.4 is 4.90 Å². The largest absolute Gasteiger partial charge is 0.378 e. The van der Waals surface area contributed by atoms with Crippen LogP contribution in [-0.4, -0.2) is 11.7 Å². The predicted molar refractivity (Wildman–Crippen MR) is 116 cm³/mol. The lowest BCUT2D eigenvalue weighted by atomic mass is 9.85. The summed E-state index contributed by atoms with van der Waals surface area (Å²) in [6.07, 6.45) is 0. The molecule has 2 nitrogen and oxygen atoms in total. The summed E-state index contributed by atoms with van der Waals surface area (Å²) in [5.41, 5.74) is 2.67. The number of para-hydroxylation sites is 2. The van der Waals surface area contributed by atoms with Crippen LogP contribution in [-0.2, 0) is 5.60 Å². The molecule has 0 unspecified atom stereocenters. The van der Waals surface area contributed by atoms with E-state index in [-0.39, 0.29) is 0 Å². The van der Waals surface area contributed by atoms with Gasteiger partial charge in [-0.1, -0.05) is 97.1 Å². The molecule has 138 valence electrons. The van der Waals surface area contributed by atoms with Gasteiger partial charge in [0, 0.05) is 11.4 Å². The second-order valence-corrected chi connectivity index (χ2v) is 6.85. The number of benzene rings is 4. The van der Waals surface area contributed by atoms with Crippen molar-refractivity contribution >= 4 is 11.4 Å². The van der Waals surface area contributed by atoms with E-state index in [1.54, 1.807) is 0 Å². The van der Waals surface area contributed by atoms with Gasteiger partial charge in [0.05, 0.1) is 6.54 Å². The Morgan fingerprint density at radius 2 is 0.821 bits per heavy atom. The Morgan fingerprint density at radius 1 is 0.500 bits per heavy atom. The maximum Gasteiger partial charge on any atom is 0.132 e. The topological polar surface area (TPSA) is 23.5 Å². The van der Waals surface area contributed by atoms with Crippen molar-refractivity contribution in [2.24, 2.45) is 0 Å². The number of rotatable bonds is 6. The van der Waals surface area contributed by atoms with E-state index < -0.39 is 5.60 Å². The maximum absolute atomic E-state index is 12.0. The molecule has 0 radical (unpaired) electrons. The number of hydrogen-bond donors (Lipinski definition) is 1. The van der Waals surface area contributed by atoms with Crippen LogP contribution in [0.5, 0.6) is 0 Å². The van der Waals surface area contributed by atoms with E-state index >= 15 is 0 Å². The van der Waals surface area contributed by atoms with Gasteiger partial charge in [-0.25, -0.2) is 0 Å². The SMILES string of the molecule is OC(CN(c1ccccc1)c1ccccc1)(c1ccccc1)c1ccccc1. The molecule has 4 aromatic carbocycles. The van der Waals surface area contributed by atoms with E-state index in [0.717, 1.165) is 22.5 Å². The summed E-state index contributed by atoms with van der Waals surface area (Å²) < 4.78 is 0. The zero-order chi connectivity index (χ0) is 19.2. The van der Waals surface area contributed by atoms with Crippen LogP contribution in [0.25, 0.3) is 0 Å². The first-order valence-corrected chi connectivity index (χ1v) is 9.48. The molecular weight excluding hydrogens is 342 g/mol. The Labute approximate surface area is 166 Å². The minimum atomic E-state index is -1.16. The second kappa shape index (κ2) is 8.12. The van der Waals surface area contributed by atoms with Crippen LogP contribution in [0.4, 0.5) is 11.4 Å². The minimum absolute atomic E-state index is 0.398. The standard InChI is InChI=1S/C26H23NO/c28-26(22-13-5-1-6-14-22,23-15-7-2-8-16-23)21-27(24-17-9-3-10-18-24)25-19-11-4-12-20-25/h1-20,28H,21H2. The van der Waals surface area contributed by atoms with E-state index in [2.05, 4.69) is 29.2 Å². The molecule has 1 N–H and O–H groups in total. The maximum atomic E-state index is 12.0. The summed E-state index contributed by atoms with van der Waals surface area (Å²) in [5, 5.41) is 12.0. The third kappa shape index (κ3) is 3.68. The molecule has 28 heavy (non-hydrogen) atoms. The fourth-order valence-corrected chi connectivity index (χ4v) is 3.55. The zero-order valence-corrected chi connectivity index (χ0v) is 15.6. The first-order valence-electron chi connectivity index (χ1n) is 9.48. The van der Waals surface area contributed by atoms with E-state index in [4.69, 9.17) is 0 Å². The normalized spacial score (nSPS) is 11.2. The molecule has 0 saturated carbocycles. The highest BCUT2D eigenvalue weighted by atomic mass is 16.3. The lowest BCUT2D eigenvalue weighted by molar-refractivity contribution is 0.0902. The minimum Gasteiger partial charge on any atom is -0.378 e. The van der Waals surface area contributed by atoms with Gasteiger partial charge in [0.1, 0.15) is 5.60 Å². The van der Waals surface area contributed by atoms with Crippen LogP contribution in [0.3, 0.4) is 0 Å². The van der Waals surface area contributed by atoms with Crippen molar-refractivity contribution in [1.82, 2.24) is 0 Å². The lowest BCUT2D eigenvalue weighted by Crippen LogP contribution is -2.40. The number of hydrogen-bond acceptors (Lipinski definition) is 2. The van der Waals surface area contributed by atoms with Crippen molar-refractivity contribution in [3.63, 3.8) is 0 Å². The second-order valence-electron chi connectivity index (χ2n) is 6.85. The lowest BCUT2D eigenvalue weighted by Gasteiger charge is -2.36. The van der Waals surface area contributed by atoms with E-state index in [9.17, 15) is 5.11 Å². The van der Waals surface area contributed by atoms with E-state index in [1.165, 1.54) is 0 Å². The molecule has 0 aliphatic heterocycles. The van der Waals surface area contributed by atoms with E-state index in [1.807, 2.05) is 97.1 Å². The monoisotopic (exact) mass is 365 g/mol. The molecule has 0 spiro atoms. The van der Waals surface area contributed by atoms with Gasteiger partial charge in [-0.15, -0.1) is 0 Å². The Kier molecular flexibility index (Phi) is 5.22. The van der Waals surface area contributed by atoms with Gasteiger partial charge in [-0.3, -0.25) is 0 Å². The molecule has 0 amide bonds. The van der Waals surface area contributed by atoms with Crippen molar-refractivity contribution in [1.29, 1.82) is 0 Å². The summed E-state index contributed by atoms with van der Waals surface area (Å²) >= 11 is 0. The van der Waals surface area contributed by atoms with Crippen LogP contribution in [0.2, 0.25) is 0 Å². The van der Waals surface area contributed by atoms with Gasteiger partial charge in [-0.05, 0) is 35.4 Å². The highest BCUT2D eigenvalue weighted by Crippen LogP contribution is 2.35. The summed E-state index contributed by atoms with van der Waals surface area (Å²) in [6.45, 7) is 0.398. The molecule has 2 heteroatoms. The quantitative estimate of drug-likeness (QED) is 0.469. The molecule has 0 aliphatic rings. The van der Waals surface area contributed by atoms with Crippen molar-refractivity contribution in [2.75, 3.05) is 11.4 Å². The summed E-state index contributed by atoms with van der Waals surface area (Å²) in [7, 11) is 0. The van der Waals surface area contributed by atoms with Gasteiger partial charge in [0.15, 0.2) is 0 Å². The van der Waals surface area contributed by atoms with Gasteiger partial charge in [0.2, 0.25) is 0 Å². The van der Waals surface area contributed by atoms with E-state index in [0.29, 0.717) is 6.54 Å². The average Bonchev–Trinajstić information content (AvgIpc) is 2.80. The van der Waals surface area contributed by atoms with Crippen LogP contribution in [0.1, 0.15) is 11.1 Å². The molecule has 0 fully saturated rings. The molecule has 0 atom stereocenters. The van der Waals surface area contributed by atoms with Gasteiger partial charge < -0.3 is 10.0 Å². The molecule has 0 bridgehead atoms. The highest BCUT2D eigenvalue weighted by Gasteiger charge is 2.34. The third-order valence-electron chi connectivity index (χ3n) is 5.03. The smallest absolute Gasteiger partial charge is 0.132 e. The first kappa shape index (κ1) is 18.0. The van der Waals surface area contributed by atoms with Crippen molar-refractivity contribution in [2.45, 2.75) is 5.60 Å². The van der Waals surface area contributed by atoms with Gasteiger partial charge >= 0.3 is 0 Å². The van der Waals surface area contributed by atoms with Crippen molar-refractivity contribution in [3.8, 4) is 0 Å².